The van der Waals surface area contributed by atoms with Gasteiger partial charge in [-0.2, -0.15) is 12.6 Å². The molecular formula is C22H24N2O3S. The van der Waals surface area contributed by atoms with Crippen LogP contribution in [-0.2, 0) is 10.2 Å². The van der Waals surface area contributed by atoms with Gasteiger partial charge in [-0.1, -0.05) is 32.0 Å². The Hall–Kier alpha value is -2.60. The summed E-state index contributed by atoms with van der Waals surface area (Å²) in [5.74, 6) is 0.507. The number of anilines is 1. The molecule has 0 saturated carbocycles. The molecule has 0 saturated heterocycles. The van der Waals surface area contributed by atoms with E-state index in [-0.39, 0.29) is 16.9 Å². The SMILES string of the molecule is CC1(C)C(=CC=C2C=CC([N+](=O)[O-])=CC2=O)N(CCCCS)c2ccccc21. The molecule has 0 radical (unpaired) electrons. The van der Waals surface area contributed by atoms with Gasteiger partial charge >= 0.3 is 0 Å². The topological polar surface area (TPSA) is 63.5 Å². The lowest BCUT2D eigenvalue weighted by atomic mass is 9.83. The van der Waals surface area contributed by atoms with Gasteiger partial charge in [0.05, 0.1) is 11.0 Å². The molecule has 1 aliphatic carbocycles. The molecule has 3 rings (SSSR count). The van der Waals surface area contributed by atoms with E-state index in [4.69, 9.17) is 0 Å². The fourth-order valence-corrected chi connectivity index (χ4v) is 3.93. The zero-order chi connectivity index (χ0) is 20.3. The summed E-state index contributed by atoms with van der Waals surface area (Å²) in [6, 6.07) is 8.36. The summed E-state index contributed by atoms with van der Waals surface area (Å²) >= 11 is 4.31. The zero-order valence-corrected chi connectivity index (χ0v) is 17.0. The van der Waals surface area contributed by atoms with Crippen LogP contribution >= 0.6 is 12.6 Å². The number of hydrogen-bond acceptors (Lipinski definition) is 5. The number of carbonyl (C=O) groups excluding carboxylic acids is 1. The summed E-state index contributed by atoms with van der Waals surface area (Å²) < 4.78 is 0. The lowest BCUT2D eigenvalue weighted by molar-refractivity contribution is -0.419. The van der Waals surface area contributed by atoms with E-state index in [1.807, 2.05) is 18.2 Å². The number of ketones is 1. The van der Waals surface area contributed by atoms with Crippen molar-refractivity contribution in [3.05, 3.63) is 87.3 Å². The van der Waals surface area contributed by atoms with Crippen LogP contribution in [0.15, 0.2) is 71.6 Å². The van der Waals surface area contributed by atoms with Gasteiger partial charge in [0.25, 0.3) is 5.70 Å². The van der Waals surface area contributed by atoms with E-state index in [0.29, 0.717) is 5.57 Å². The molecular weight excluding hydrogens is 372 g/mol. The first kappa shape index (κ1) is 20.1. The van der Waals surface area contributed by atoms with Crippen LogP contribution in [0.3, 0.4) is 0 Å². The highest BCUT2D eigenvalue weighted by Crippen LogP contribution is 2.47. The second-order valence-electron chi connectivity index (χ2n) is 7.42. The highest BCUT2D eigenvalue weighted by atomic mass is 32.1. The Kier molecular flexibility index (Phi) is 5.89. The molecule has 0 bridgehead atoms. The van der Waals surface area contributed by atoms with E-state index in [0.717, 1.165) is 36.9 Å². The maximum Gasteiger partial charge on any atom is 0.273 e. The first-order valence-electron chi connectivity index (χ1n) is 9.35. The van der Waals surface area contributed by atoms with E-state index in [9.17, 15) is 14.9 Å². The van der Waals surface area contributed by atoms with Crippen LogP contribution in [0.2, 0.25) is 0 Å². The Bertz CT molecular complexity index is 925. The number of carbonyl (C=O) groups is 1. The second-order valence-corrected chi connectivity index (χ2v) is 7.87. The van der Waals surface area contributed by atoms with Gasteiger partial charge in [-0.15, -0.1) is 0 Å². The number of para-hydroxylation sites is 1. The molecule has 0 fully saturated rings. The molecule has 0 aromatic heterocycles. The van der Waals surface area contributed by atoms with Gasteiger partial charge in [0.2, 0.25) is 0 Å². The third-order valence-corrected chi connectivity index (χ3v) is 5.53. The summed E-state index contributed by atoms with van der Waals surface area (Å²) in [4.78, 5) is 24.8. The summed E-state index contributed by atoms with van der Waals surface area (Å²) in [6.45, 7) is 5.24. The second kappa shape index (κ2) is 8.19. The molecule has 1 heterocycles. The first-order chi connectivity index (χ1) is 13.4. The third kappa shape index (κ3) is 3.83. The summed E-state index contributed by atoms with van der Waals surface area (Å²) in [7, 11) is 0. The predicted molar refractivity (Wildman–Crippen MR) is 115 cm³/mol. The minimum Gasteiger partial charge on any atom is -0.344 e. The Morgan fingerprint density at radius 3 is 2.61 bits per heavy atom. The molecule has 1 aliphatic heterocycles. The molecule has 2 aliphatic rings. The van der Waals surface area contributed by atoms with Crippen LogP contribution in [0.25, 0.3) is 0 Å². The largest absolute Gasteiger partial charge is 0.344 e. The molecule has 1 aromatic carbocycles. The minimum absolute atomic E-state index is 0.184. The van der Waals surface area contributed by atoms with Gasteiger partial charge in [-0.25, -0.2) is 0 Å². The van der Waals surface area contributed by atoms with Crippen molar-refractivity contribution in [1.82, 2.24) is 0 Å². The highest BCUT2D eigenvalue weighted by Gasteiger charge is 2.39. The number of nitrogens with zero attached hydrogens (tertiary/aromatic N) is 2. The van der Waals surface area contributed by atoms with Crippen molar-refractivity contribution >= 4 is 24.1 Å². The standard InChI is InChI=1S/C22H24N2O3S/c1-22(2)18-7-3-4-8-19(18)23(13-5-6-14-28)21(22)12-10-16-9-11-17(24(26)27)15-20(16)25/h3-4,7-12,15,28H,5-6,13-14H2,1-2H3. The molecule has 5 nitrogen and oxygen atoms in total. The smallest absolute Gasteiger partial charge is 0.273 e. The van der Waals surface area contributed by atoms with Crippen LogP contribution in [0.4, 0.5) is 5.69 Å². The lowest BCUT2D eigenvalue weighted by Crippen LogP contribution is -2.27. The normalized spacial score (nSPS) is 20.6. The monoisotopic (exact) mass is 396 g/mol. The molecule has 146 valence electrons. The molecule has 0 amide bonds. The Morgan fingerprint density at radius 1 is 1.18 bits per heavy atom. The van der Waals surface area contributed by atoms with Gasteiger partial charge < -0.3 is 4.90 Å². The van der Waals surface area contributed by atoms with Crippen LogP contribution in [0.1, 0.15) is 32.3 Å². The number of benzene rings is 1. The Balaban J connectivity index is 1.95. The molecule has 6 heteroatoms. The summed E-state index contributed by atoms with van der Waals surface area (Å²) in [6.07, 6.45) is 9.75. The molecule has 28 heavy (non-hydrogen) atoms. The van der Waals surface area contributed by atoms with Crippen molar-refractivity contribution in [2.45, 2.75) is 32.1 Å². The fourth-order valence-electron chi connectivity index (χ4n) is 3.71. The van der Waals surface area contributed by atoms with Crippen molar-refractivity contribution in [2.75, 3.05) is 17.2 Å². The van der Waals surface area contributed by atoms with Gasteiger partial charge in [0, 0.05) is 35.0 Å². The molecule has 0 unspecified atom stereocenters. The third-order valence-electron chi connectivity index (χ3n) is 5.22. The van der Waals surface area contributed by atoms with Crippen LogP contribution in [-0.4, -0.2) is 23.0 Å². The van der Waals surface area contributed by atoms with E-state index in [1.165, 1.54) is 23.4 Å². The Labute approximate surface area is 170 Å². The van der Waals surface area contributed by atoms with Gasteiger partial charge in [-0.05, 0) is 48.5 Å². The maximum atomic E-state index is 12.2. The lowest BCUT2D eigenvalue weighted by Gasteiger charge is -2.27. The van der Waals surface area contributed by atoms with Crippen molar-refractivity contribution < 1.29 is 9.72 Å². The van der Waals surface area contributed by atoms with Crippen molar-refractivity contribution in [2.24, 2.45) is 0 Å². The van der Waals surface area contributed by atoms with Gasteiger partial charge in [0.1, 0.15) is 0 Å². The Morgan fingerprint density at radius 2 is 1.93 bits per heavy atom. The average Bonchev–Trinajstić information content (AvgIpc) is 2.88. The number of rotatable bonds is 6. The van der Waals surface area contributed by atoms with E-state index < -0.39 is 4.92 Å². The number of unbranched alkanes of at least 4 members (excludes halogenated alkanes) is 1. The van der Waals surface area contributed by atoms with Crippen molar-refractivity contribution in [3.8, 4) is 0 Å². The number of hydrogen-bond donors (Lipinski definition) is 1. The zero-order valence-electron chi connectivity index (χ0n) is 16.1. The summed E-state index contributed by atoms with van der Waals surface area (Å²) in [5.41, 5.74) is 3.63. The molecule has 1 aromatic rings. The van der Waals surface area contributed by atoms with E-state index >= 15 is 0 Å². The minimum atomic E-state index is -0.552. The van der Waals surface area contributed by atoms with Crippen LogP contribution < -0.4 is 4.90 Å². The van der Waals surface area contributed by atoms with E-state index in [1.54, 1.807) is 6.08 Å². The van der Waals surface area contributed by atoms with Crippen LogP contribution in [0, 0.1) is 10.1 Å². The fraction of sp³-hybridized carbons (Fsp3) is 0.318. The average molecular weight is 397 g/mol. The maximum absolute atomic E-state index is 12.2. The molecule has 0 N–H and O–H groups in total. The number of thiol groups is 1. The summed E-state index contributed by atoms with van der Waals surface area (Å²) in [5, 5.41) is 10.8. The van der Waals surface area contributed by atoms with Crippen molar-refractivity contribution in [1.29, 1.82) is 0 Å². The van der Waals surface area contributed by atoms with Gasteiger partial charge in [-0.3, -0.25) is 14.9 Å². The molecule has 0 spiro atoms. The number of allylic oxidation sites excluding steroid dienone is 7. The van der Waals surface area contributed by atoms with Crippen LogP contribution in [0.5, 0.6) is 0 Å². The van der Waals surface area contributed by atoms with E-state index in [2.05, 4.69) is 43.5 Å². The predicted octanol–water partition coefficient (Wildman–Crippen LogP) is 4.60. The highest BCUT2D eigenvalue weighted by molar-refractivity contribution is 7.80. The van der Waals surface area contributed by atoms with Gasteiger partial charge in [0.15, 0.2) is 5.78 Å². The first-order valence-corrected chi connectivity index (χ1v) is 9.98. The quantitative estimate of drug-likeness (QED) is 0.251. The molecule has 0 atom stereocenters. The van der Waals surface area contributed by atoms with Crippen molar-refractivity contribution in [3.63, 3.8) is 0 Å². The number of fused-ring (bicyclic) bond motifs is 1. The number of nitro groups is 1.